The van der Waals surface area contributed by atoms with Gasteiger partial charge in [-0.25, -0.2) is 4.79 Å². The first-order valence-electron chi connectivity index (χ1n) is 8.05. The van der Waals surface area contributed by atoms with Crippen LogP contribution >= 0.6 is 0 Å². The molecule has 22 heavy (non-hydrogen) atoms. The maximum Gasteiger partial charge on any atom is 0.321 e. The van der Waals surface area contributed by atoms with Crippen molar-refractivity contribution in [3.63, 3.8) is 0 Å². The van der Waals surface area contributed by atoms with E-state index in [1.54, 1.807) is 4.90 Å². The van der Waals surface area contributed by atoms with Gasteiger partial charge in [-0.15, -0.1) is 0 Å². The van der Waals surface area contributed by atoms with Crippen molar-refractivity contribution in [2.45, 2.75) is 39.2 Å². The normalized spacial score (nSPS) is 29.5. The zero-order valence-corrected chi connectivity index (χ0v) is 13.4. The van der Waals surface area contributed by atoms with Crippen LogP contribution in [0, 0.1) is 11.8 Å². The minimum absolute atomic E-state index is 0.0669. The summed E-state index contributed by atoms with van der Waals surface area (Å²) in [5, 5.41) is 7.97. The zero-order chi connectivity index (χ0) is 16.1. The molecule has 7 nitrogen and oxygen atoms in total. The molecule has 4 amide bonds. The number of carbonyl (C=O) groups is 3. The van der Waals surface area contributed by atoms with Gasteiger partial charge in [0.25, 0.3) is 0 Å². The third-order valence-corrected chi connectivity index (χ3v) is 4.76. The molecule has 2 rings (SSSR count). The van der Waals surface area contributed by atoms with Crippen LogP contribution < -0.4 is 16.0 Å². The molecule has 0 bridgehead atoms. The summed E-state index contributed by atoms with van der Waals surface area (Å²) in [7, 11) is 0. The van der Waals surface area contributed by atoms with E-state index >= 15 is 0 Å². The van der Waals surface area contributed by atoms with Crippen molar-refractivity contribution in [1.29, 1.82) is 0 Å². The summed E-state index contributed by atoms with van der Waals surface area (Å²) < 4.78 is 0. The van der Waals surface area contributed by atoms with Crippen molar-refractivity contribution in [2.24, 2.45) is 11.8 Å². The first-order chi connectivity index (χ1) is 10.5. The molecule has 0 aromatic rings. The first-order valence-corrected chi connectivity index (χ1v) is 8.05. The lowest BCUT2D eigenvalue weighted by Crippen LogP contribution is -2.53. The largest absolute Gasteiger partial charge is 0.354 e. The third kappa shape index (κ3) is 4.69. The molecule has 1 saturated carbocycles. The van der Waals surface area contributed by atoms with E-state index in [2.05, 4.69) is 29.8 Å². The molecule has 1 aliphatic heterocycles. The number of urea groups is 1. The summed E-state index contributed by atoms with van der Waals surface area (Å²) in [6, 6.07) is -0.310. The number of amides is 4. The maximum absolute atomic E-state index is 11.9. The number of hydrogen-bond donors (Lipinski definition) is 3. The molecule has 0 spiro atoms. The molecule has 3 N–H and O–H groups in total. The molecule has 1 aliphatic carbocycles. The molecular weight excluding hydrogens is 284 g/mol. The Bertz CT molecular complexity index is 441. The number of carbonyl (C=O) groups excluding carboxylic acids is 3. The van der Waals surface area contributed by atoms with Crippen molar-refractivity contribution in [2.75, 3.05) is 26.2 Å². The SMILES string of the molecule is C[C@H]1[C@H](C)CCC[C@@H]1NC(=O)NC(=O)CN1CCNC(=O)C1. The van der Waals surface area contributed by atoms with Crippen molar-refractivity contribution >= 4 is 17.8 Å². The lowest BCUT2D eigenvalue weighted by molar-refractivity contribution is -0.126. The Kier molecular flexibility index (Phi) is 5.76. The quantitative estimate of drug-likeness (QED) is 0.688. The summed E-state index contributed by atoms with van der Waals surface area (Å²) in [5.41, 5.74) is 0. The Morgan fingerprint density at radius 3 is 2.82 bits per heavy atom. The molecule has 1 saturated heterocycles. The summed E-state index contributed by atoms with van der Waals surface area (Å²) in [4.78, 5) is 36.8. The van der Waals surface area contributed by atoms with E-state index in [0.29, 0.717) is 24.9 Å². The van der Waals surface area contributed by atoms with Gasteiger partial charge in [0.15, 0.2) is 0 Å². The van der Waals surface area contributed by atoms with E-state index in [1.165, 1.54) is 6.42 Å². The monoisotopic (exact) mass is 310 g/mol. The molecular formula is C15H26N4O3. The highest BCUT2D eigenvalue weighted by atomic mass is 16.2. The molecule has 0 aromatic heterocycles. The van der Waals surface area contributed by atoms with Crippen molar-refractivity contribution in [1.82, 2.24) is 20.9 Å². The van der Waals surface area contributed by atoms with E-state index in [9.17, 15) is 14.4 Å². The maximum atomic E-state index is 11.9. The van der Waals surface area contributed by atoms with Crippen molar-refractivity contribution in [3.05, 3.63) is 0 Å². The number of rotatable bonds is 3. The fourth-order valence-electron chi connectivity index (χ4n) is 3.19. The molecule has 0 aromatic carbocycles. The standard InChI is InChI=1S/C15H26N4O3/c1-10-4-3-5-12(11(10)2)17-15(22)18-14(21)9-19-7-6-16-13(20)8-19/h10-12H,3-9H2,1-2H3,(H,16,20)(H2,17,18,21,22)/t10-,11+,12+/m1/s1. The minimum Gasteiger partial charge on any atom is -0.354 e. The van der Waals surface area contributed by atoms with Gasteiger partial charge in [0, 0.05) is 19.1 Å². The average molecular weight is 310 g/mol. The Labute approximate surface area is 131 Å². The van der Waals surface area contributed by atoms with Gasteiger partial charge in [-0.3, -0.25) is 19.8 Å². The van der Waals surface area contributed by atoms with Gasteiger partial charge in [0.1, 0.15) is 0 Å². The molecule has 7 heteroatoms. The highest BCUT2D eigenvalue weighted by molar-refractivity contribution is 5.95. The third-order valence-electron chi connectivity index (χ3n) is 4.76. The van der Waals surface area contributed by atoms with Gasteiger partial charge in [-0.2, -0.15) is 0 Å². The molecule has 3 atom stereocenters. The van der Waals surface area contributed by atoms with E-state index in [0.717, 1.165) is 12.8 Å². The number of nitrogens with zero attached hydrogens (tertiary/aromatic N) is 1. The minimum atomic E-state index is -0.433. The Morgan fingerprint density at radius 2 is 2.09 bits per heavy atom. The summed E-state index contributed by atoms with van der Waals surface area (Å²) in [5.74, 6) is 0.541. The molecule has 2 aliphatic rings. The Hall–Kier alpha value is -1.63. The molecule has 0 unspecified atom stereocenters. The summed E-state index contributed by atoms with van der Waals surface area (Å²) in [6.07, 6.45) is 3.25. The van der Waals surface area contributed by atoms with Crippen molar-refractivity contribution < 1.29 is 14.4 Å². The molecule has 124 valence electrons. The van der Waals surface area contributed by atoms with Crippen LogP contribution in [0.25, 0.3) is 0 Å². The Balaban J connectivity index is 1.74. The highest BCUT2D eigenvalue weighted by Gasteiger charge is 2.28. The van der Waals surface area contributed by atoms with Gasteiger partial charge in [-0.1, -0.05) is 26.7 Å². The van der Waals surface area contributed by atoms with Gasteiger partial charge in [-0.05, 0) is 18.3 Å². The predicted octanol–water partition coefficient (Wildman–Crippen LogP) is 0.0687. The predicted molar refractivity (Wildman–Crippen MR) is 82.1 cm³/mol. The first kappa shape index (κ1) is 16.7. The van der Waals surface area contributed by atoms with Crippen LogP contribution in [0.15, 0.2) is 0 Å². The van der Waals surface area contributed by atoms with E-state index in [4.69, 9.17) is 0 Å². The smallest absolute Gasteiger partial charge is 0.321 e. The number of hydrogen-bond acceptors (Lipinski definition) is 4. The van der Waals surface area contributed by atoms with Crippen LogP contribution in [0.3, 0.4) is 0 Å². The van der Waals surface area contributed by atoms with Crippen LogP contribution in [0.2, 0.25) is 0 Å². The fraction of sp³-hybridized carbons (Fsp3) is 0.800. The van der Waals surface area contributed by atoms with Crippen LogP contribution in [0.4, 0.5) is 4.79 Å². The summed E-state index contributed by atoms with van der Waals surface area (Å²) >= 11 is 0. The van der Waals surface area contributed by atoms with Crippen LogP contribution in [0.1, 0.15) is 33.1 Å². The second-order valence-electron chi connectivity index (χ2n) is 6.46. The van der Waals surface area contributed by atoms with Gasteiger partial charge < -0.3 is 10.6 Å². The number of nitrogens with one attached hydrogen (secondary N) is 3. The van der Waals surface area contributed by atoms with E-state index in [-0.39, 0.29) is 30.9 Å². The average Bonchev–Trinajstić information content (AvgIpc) is 2.43. The van der Waals surface area contributed by atoms with Crippen LogP contribution in [0.5, 0.6) is 0 Å². The molecule has 0 radical (unpaired) electrons. The van der Waals surface area contributed by atoms with E-state index in [1.807, 2.05) is 0 Å². The van der Waals surface area contributed by atoms with Gasteiger partial charge in [0.2, 0.25) is 11.8 Å². The van der Waals surface area contributed by atoms with Gasteiger partial charge in [0.05, 0.1) is 13.1 Å². The highest BCUT2D eigenvalue weighted by Crippen LogP contribution is 2.29. The van der Waals surface area contributed by atoms with Crippen LogP contribution in [-0.2, 0) is 9.59 Å². The fourth-order valence-corrected chi connectivity index (χ4v) is 3.19. The lowest BCUT2D eigenvalue weighted by atomic mass is 9.78. The zero-order valence-electron chi connectivity index (χ0n) is 13.4. The van der Waals surface area contributed by atoms with E-state index < -0.39 is 6.03 Å². The number of imide groups is 1. The molecule has 2 fully saturated rings. The number of piperazine rings is 1. The second-order valence-corrected chi connectivity index (χ2v) is 6.46. The van der Waals surface area contributed by atoms with Gasteiger partial charge >= 0.3 is 6.03 Å². The van der Waals surface area contributed by atoms with Crippen molar-refractivity contribution in [3.8, 4) is 0 Å². The summed E-state index contributed by atoms with van der Waals surface area (Å²) in [6.45, 7) is 5.77. The molecule has 1 heterocycles. The Morgan fingerprint density at radius 1 is 1.32 bits per heavy atom. The van der Waals surface area contributed by atoms with Crippen LogP contribution in [-0.4, -0.2) is 55.0 Å². The second kappa shape index (κ2) is 7.58. The lowest BCUT2D eigenvalue weighted by Gasteiger charge is -2.34. The topological polar surface area (TPSA) is 90.5 Å².